The molecule has 0 atom stereocenters. The molecule has 0 saturated heterocycles. The van der Waals surface area contributed by atoms with Gasteiger partial charge in [0.25, 0.3) is 0 Å². The number of hydrogen-bond donors (Lipinski definition) is 0. The molecule has 0 aliphatic heterocycles. The molecule has 0 aromatic carbocycles. The first-order chi connectivity index (χ1) is 6.74. The average molecular weight is 340 g/mol. The maximum atomic E-state index is 3.74. The van der Waals surface area contributed by atoms with Crippen molar-refractivity contribution < 1.29 is 32.7 Å². The van der Waals surface area contributed by atoms with Crippen LogP contribution in [-0.4, -0.2) is 23.5 Å². The quantitative estimate of drug-likeness (QED) is 0.485. The summed E-state index contributed by atoms with van der Waals surface area (Å²) in [4.78, 5) is 0. The fraction of sp³-hybridized carbons (Fsp3) is 0.769. The topological polar surface area (TPSA) is 0 Å². The first-order valence-electron chi connectivity index (χ1n) is 5.19. The van der Waals surface area contributed by atoms with Gasteiger partial charge in [-0.1, -0.05) is 21.3 Å². The number of rotatable bonds is 5. The molecule has 0 aromatic rings. The third kappa shape index (κ3) is 74.8. The van der Waals surface area contributed by atoms with Crippen molar-refractivity contribution in [1.29, 1.82) is 0 Å². The zero-order chi connectivity index (χ0) is 11.7. The van der Waals surface area contributed by atoms with Crippen molar-refractivity contribution in [3.8, 4) is 0 Å². The second-order valence-corrected chi connectivity index (χ2v) is 4.67. The Kier molecular flexibility index (Phi) is 83.7. The van der Waals surface area contributed by atoms with Crippen LogP contribution in [-0.2, 0) is 32.7 Å². The van der Waals surface area contributed by atoms with Crippen LogP contribution in [0.4, 0.5) is 0 Å². The largest absolute Gasteiger partial charge is 3.00 e. The summed E-state index contributed by atoms with van der Waals surface area (Å²) < 4.78 is 0. The van der Waals surface area contributed by atoms with Crippen molar-refractivity contribution in [2.75, 3.05) is 23.5 Å². The SMILES string of the molecule is C.[CH2-]CC.[CH2-]CC.[CH2-]CSCCCSC.[Y+3]. The summed E-state index contributed by atoms with van der Waals surface area (Å²) >= 11 is 3.84. The maximum absolute atomic E-state index is 3.74. The predicted octanol–water partition coefficient (Wildman–Crippen LogP) is 5.40. The zero-order valence-electron chi connectivity index (χ0n) is 10.8. The molecule has 16 heavy (non-hydrogen) atoms. The molecule has 0 aliphatic carbocycles. The fourth-order valence-corrected chi connectivity index (χ4v) is 1.58. The summed E-state index contributed by atoms with van der Waals surface area (Å²) in [6, 6.07) is 0. The van der Waals surface area contributed by atoms with Gasteiger partial charge in [0.15, 0.2) is 0 Å². The van der Waals surface area contributed by atoms with Gasteiger partial charge in [0.2, 0.25) is 0 Å². The molecule has 0 amide bonds. The summed E-state index contributed by atoms with van der Waals surface area (Å²) in [5.74, 6) is 3.60. The van der Waals surface area contributed by atoms with Crippen molar-refractivity contribution in [2.24, 2.45) is 0 Å². The molecule has 0 aromatic heterocycles. The van der Waals surface area contributed by atoms with Crippen LogP contribution < -0.4 is 0 Å². The second kappa shape index (κ2) is 43.7. The Bertz CT molecular complexity index is 53.9. The number of hydrogen-bond acceptors (Lipinski definition) is 2. The van der Waals surface area contributed by atoms with Crippen LogP contribution in [0.1, 0.15) is 40.5 Å². The maximum Gasteiger partial charge on any atom is 3.00 e. The average Bonchev–Trinajstić information content (AvgIpc) is 2.15. The van der Waals surface area contributed by atoms with Gasteiger partial charge in [-0.2, -0.15) is 36.4 Å². The van der Waals surface area contributed by atoms with E-state index in [4.69, 9.17) is 0 Å². The van der Waals surface area contributed by atoms with Gasteiger partial charge in [-0.15, -0.1) is 5.75 Å². The van der Waals surface area contributed by atoms with Gasteiger partial charge < -0.3 is 20.8 Å². The first kappa shape index (κ1) is 30.7. The molecule has 0 nitrogen and oxygen atoms in total. The van der Waals surface area contributed by atoms with E-state index >= 15 is 0 Å². The molecule has 0 fully saturated rings. The third-order valence-corrected chi connectivity index (χ3v) is 2.34. The summed E-state index contributed by atoms with van der Waals surface area (Å²) in [5.41, 5.74) is 0. The fourth-order valence-electron chi connectivity index (χ4n) is 0.407. The molecule has 0 spiro atoms. The van der Waals surface area contributed by atoms with Gasteiger partial charge in [0, 0.05) is 0 Å². The Morgan fingerprint density at radius 2 is 1.31 bits per heavy atom. The third-order valence-electron chi connectivity index (χ3n) is 0.781. The van der Waals surface area contributed by atoms with Gasteiger partial charge in [0.05, 0.1) is 0 Å². The summed E-state index contributed by atoms with van der Waals surface area (Å²) in [6.07, 6.45) is 5.48. The molecule has 0 bridgehead atoms. The van der Waals surface area contributed by atoms with E-state index in [1.807, 2.05) is 37.4 Å². The minimum absolute atomic E-state index is 0. The number of thioether (sulfide) groups is 2. The van der Waals surface area contributed by atoms with Crippen LogP contribution >= 0.6 is 23.5 Å². The Morgan fingerprint density at radius 3 is 1.56 bits per heavy atom. The smallest absolute Gasteiger partial charge is 0.344 e. The van der Waals surface area contributed by atoms with E-state index in [1.54, 1.807) is 0 Å². The Hall–Kier alpha value is 1.80. The summed E-state index contributed by atoms with van der Waals surface area (Å²) in [6.45, 7) is 14.7. The molecular weight excluding hydrogens is 309 g/mol. The standard InChI is InChI=1S/C6H13S2.2C3H7.CH4.Y/c1-3-8-6-4-5-7-2;2*1-3-2;;/h1,3-6H2,2H3;2*1,3H2,2H3;1H4;/q3*-1;;+3. The molecule has 0 radical (unpaired) electrons. The first-order valence-corrected chi connectivity index (χ1v) is 7.74. The zero-order valence-corrected chi connectivity index (χ0v) is 15.2. The molecule has 0 saturated carbocycles. The van der Waals surface area contributed by atoms with Crippen molar-refractivity contribution in [2.45, 2.75) is 40.5 Å². The minimum atomic E-state index is 0. The van der Waals surface area contributed by atoms with Crippen LogP contribution in [0, 0.1) is 20.8 Å². The van der Waals surface area contributed by atoms with Crippen molar-refractivity contribution in [3.63, 3.8) is 0 Å². The van der Waals surface area contributed by atoms with E-state index in [-0.39, 0.29) is 40.1 Å². The Labute approximate surface area is 140 Å². The minimum Gasteiger partial charge on any atom is -0.344 e. The molecule has 3 heteroatoms. The molecule has 0 aliphatic rings. The van der Waals surface area contributed by atoms with E-state index < -0.39 is 0 Å². The summed E-state index contributed by atoms with van der Waals surface area (Å²) in [5, 5.41) is 0. The van der Waals surface area contributed by atoms with Gasteiger partial charge >= 0.3 is 32.7 Å². The normalized spacial score (nSPS) is 7.12. The molecule has 0 heterocycles. The van der Waals surface area contributed by atoms with Crippen LogP contribution in [0.2, 0.25) is 0 Å². The van der Waals surface area contributed by atoms with Crippen LogP contribution in [0.25, 0.3) is 0 Å². The molecule has 0 rings (SSSR count). The Balaban J connectivity index is -0.0000000434. The Morgan fingerprint density at radius 1 is 0.938 bits per heavy atom. The molecule has 0 unspecified atom stereocenters. The summed E-state index contributed by atoms with van der Waals surface area (Å²) in [7, 11) is 0. The molecular formula is C13H31S2Y. The van der Waals surface area contributed by atoms with Crippen LogP contribution in [0.3, 0.4) is 0 Å². The molecule has 98 valence electrons. The second-order valence-electron chi connectivity index (χ2n) is 2.46. The van der Waals surface area contributed by atoms with E-state index in [0.29, 0.717) is 0 Å². The van der Waals surface area contributed by atoms with Gasteiger partial charge in [0.1, 0.15) is 0 Å². The van der Waals surface area contributed by atoms with Gasteiger partial charge in [-0.25, -0.2) is 0 Å². The van der Waals surface area contributed by atoms with Crippen molar-refractivity contribution >= 4 is 23.5 Å². The molecule has 0 N–H and O–H groups in total. The van der Waals surface area contributed by atoms with Crippen LogP contribution in [0.15, 0.2) is 0 Å². The van der Waals surface area contributed by atoms with E-state index in [0.717, 1.165) is 18.6 Å². The monoisotopic (exact) mass is 340 g/mol. The van der Waals surface area contributed by atoms with E-state index in [1.165, 1.54) is 17.9 Å². The van der Waals surface area contributed by atoms with E-state index in [9.17, 15) is 0 Å². The van der Waals surface area contributed by atoms with Gasteiger partial charge in [-0.3, -0.25) is 0 Å². The van der Waals surface area contributed by atoms with Crippen molar-refractivity contribution in [1.82, 2.24) is 0 Å². The predicted molar refractivity (Wildman–Crippen MR) is 83.7 cm³/mol. The van der Waals surface area contributed by atoms with Crippen molar-refractivity contribution in [3.05, 3.63) is 20.8 Å². The van der Waals surface area contributed by atoms with Gasteiger partial charge in [-0.05, 0) is 24.2 Å². The van der Waals surface area contributed by atoms with E-state index in [2.05, 4.69) is 27.0 Å². The van der Waals surface area contributed by atoms with Crippen LogP contribution in [0.5, 0.6) is 0 Å².